The zero-order chi connectivity index (χ0) is 14.3. The zero-order valence-corrected chi connectivity index (χ0v) is 13.0. The van der Waals surface area contributed by atoms with Crippen LogP contribution in [0.15, 0.2) is 45.0 Å². The minimum absolute atomic E-state index is 0.114. The molecule has 0 aliphatic carbocycles. The second-order valence-electron chi connectivity index (χ2n) is 4.38. The maximum absolute atomic E-state index is 12.3. The summed E-state index contributed by atoms with van der Waals surface area (Å²) in [6.07, 6.45) is 0. The summed E-state index contributed by atoms with van der Waals surface area (Å²) in [5.41, 5.74) is 2.90. The van der Waals surface area contributed by atoms with E-state index in [2.05, 4.69) is 22.0 Å². The van der Waals surface area contributed by atoms with Crippen molar-refractivity contribution in [2.75, 3.05) is 0 Å². The van der Waals surface area contributed by atoms with Crippen molar-refractivity contribution in [3.63, 3.8) is 0 Å². The van der Waals surface area contributed by atoms with Crippen molar-refractivity contribution in [1.29, 1.82) is 5.26 Å². The number of aryl methyl sites for hydroxylation is 1. The van der Waals surface area contributed by atoms with E-state index in [1.54, 1.807) is 11.3 Å². The monoisotopic (exact) mass is 344 g/mol. The summed E-state index contributed by atoms with van der Waals surface area (Å²) >= 11 is 4.93. The largest absolute Gasteiger partial charge is 0.269 e. The summed E-state index contributed by atoms with van der Waals surface area (Å²) in [6.45, 7) is 1.79. The number of hydrogen-bond acceptors (Lipinski definition) is 3. The lowest BCUT2D eigenvalue weighted by atomic mass is 10.1. The van der Waals surface area contributed by atoms with Crippen LogP contribution in [0.1, 0.15) is 11.1 Å². The van der Waals surface area contributed by atoms with E-state index in [0.29, 0.717) is 16.0 Å². The molecular formula is C15H9BrN2OS. The SMILES string of the molecule is Cc1cc(=O)n2c(-c3ccccc3)c(Br)sc2c1C#N. The number of rotatable bonds is 1. The molecule has 0 aliphatic rings. The van der Waals surface area contributed by atoms with Crippen LogP contribution in [0.2, 0.25) is 0 Å². The van der Waals surface area contributed by atoms with Gasteiger partial charge in [-0.1, -0.05) is 30.3 Å². The molecule has 98 valence electrons. The molecule has 0 fully saturated rings. The molecule has 0 unspecified atom stereocenters. The lowest BCUT2D eigenvalue weighted by Crippen LogP contribution is -2.14. The first kappa shape index (κ1) is 13.1. The van der Waals surface area contributed by atoms with Gasteiger partial charge in [-0.2, -0.15) is 5.26 Å². The van der Waals surface area contributed by atoms with Gasteiger partial charge in [0.2, 0.25) is 0 Å². The Kier molecular flexibility index (Phi) is 3.20. The van der Waals surface area contributed by atoms with Gasteiger partial charge in [0.05, 0.1) is 15.0 Å². The first-order valence-electron chi connectivity index (χ1n) is 5.93. The van der Waals surface area contributed by atoms with Crippen LogP contribution in [0.4, 0.5) is 0 Å². The number of thiazole rings is 1. The first-order valence-corrected chi connectivity index (χ1v) is 7.54. The highest BCUT2D eigenvalue weighted by molar-refractivity contribution is 9.11. The van der Waals surface area contributed by atoms with Crippen LogP contribution in [0.25, 0.3) is 16.1 Å². The Morgan fingerprint density at radius 3 is 2.65 bits per heavy atom. The topological polar surface area (TPSA) is 45.3 Å². The molecule has 0 saturated heterocycles. The first-order chi connectivity index (χ1) is 9.63. The molecular weight excluding hydrogens is 336 g/mol. The second-order valence-corrected chi connectivity index (χ2v) is 6.70. The smallest absolute Gasteiger partial charge is 0.256 e. The fourth-order valence-corrected chi connectivity index (χ4v) is 4.13. The molecule has 5 heteroatoms. The Balaban J connectivity index is 2.50. The quantitative estimate of drug-likeness (QED) is 0.670. The summed E-state index contributed by atoms with van der Waals surface area (Å²) in [6, 6.07) is 13.4. The van der Waals surface area contributed by atoms with Crippen molar-refractivity contribution >= 4 is 32.1 Å². The third-order valence-electron chi connectivity index (χ3n) is 3.13. The third kappa shape index (κ3) is 1.89. The molecule has 0 spiro atoms. The standard InChI is InChI=1S/C15H9BrN2OS/c1-9-7-12(19)18-13(10-5-3-2-4-6-10)14(16)20-15(18)11(9)8-17/h2-7H,1H3. The highest BCUT2D eigenvalue weighted by Gasteiger charge is 2.17. The van der Waals surface area contributed by atoms with Gasteiger partial charge in [-0.05, 0) is 28.4 Å². The molecule has 0 radical (unpaired) electrons. The molecule has 3 aromatic rings. The fourth-order valence-electron chi connectivity index (χ4n) is 2.21. The van der Waals surface area contributed by atoms with Crippen molar-refractivity contribution in [1.82, 2.24) is 4.40 Å². The molecule has 20 heavy (non-hydrogen) atoms. The minimum atomic E-state index is -0.114. The van der Waals surface area contributed by atoms with Gasteiger partial charge in [-0.3, -0.25) is 9.20 Å². The summed E-state index contributed by atoms with van der Waals surface area (Å²) in [5.74, 6) is 0. The Morgan fingerprint density at radius 2 is 2.00 bits per heavy atom. The third-order valence-corrected chi connectivity index (χ3v) is 4.94. The maximum atomic E-state index is 12.3. The van der Waals surface area contributed by atoms with Crippen LogP contribution in [0.5, 0.6) is 0 Å². The number of nitriles is 1. The van der Waals surface area contributed by atoms with Gasteiger partial charge in [-0.25, -0.2) is 0 Å². The molecule has 0 atom stereocenters. The minimum Gasteiger partial charge on any atom is -0.269 e. The molecule has 2 heterocycles. The number of halogens is 1. The van der Waals surface area contributed by atoms with Crippen molar-refractivity contribution in [2.24, 2.45) is 0 Å². The molecule has 3 nitrogen and oxygen atoms in total. The predicted molar refractivity (Wildman–Crippen MR) is 84.1 cm³/mol. The highest BCUT2D eigenvalue weighted by Crippen LogP contribution is 2.36. The van der Waals surface area contributed by atoms with Crippen LogP contribution >= 0.6 is 27.3 Å². The highest BCUT2D eigenvalue weighted by atomic mass is 79.9. The number of fused-ring (bicyclic) bond motifs is 1. The predicted octanol–water partition coefficient (Wildman–Crippen LogP) is 3.97. The molecule has 3 rings (SSSR count). The average Bonchev–Trinajstić information content (AvgIpc) is 2.77. The number of hydrogen-bond donors (Lipinski definition) is 0. The summed E-state index contributed by atoms with van der Waals surface area (Å²) < 4.78 is 2.46. The fraction of sp³-hybridized carbons (Fsp3) is 0.0667. The molecule has 0 N–H and O–H groups in total. The van der Waals surface area contributed by atoms with Gasteiger partial charge < -0.3 is 0 Å². The van der Waals surface area contributed by atoms with Crippen LogP contribution in [-0.4, -0.2) is 4.40 Å². The zero-order valence-electron chi connectivity index (χ0n) is 10.6. The Hall–Kier alpha value is -1.90. The second kappa shape index (κ2) is 4.89. The summed E-state index contributed by atoms with van der Waals surface area (Å²) in [7, 11) is 0. The maximum Gasteiger partial charge on any atom is 0.256 e. The Morgan fingerprint density at radius 1 is 1.30 bits per heavy atom. The van der Waals surface area contributed by atoms with Gasteiger partial charge in [0.15, 0.2) is 0 Å². The van der Waals surface area contributed by atoms with E-state index in [1.165, 1.54) is 17.4 Å². The van der Waals surface area contributed by atoms with Crippen molar-refractivity contribution in [2.45, 2.75) is 6.92 Å². The van der Waals surface area contributed by atoms with Gasteiger partial charge in [-0.15, -0.1) is 11.3 Å². The van der Waals surface area contributed by atoms with E-state index >= 15 is 0 Å². The average molecular weight is 345 g/mol. The van der Waals surface area contributed by atoms with Gasteiger partial charge >= 0.3 is 0 Å². The van der Waals surface area contributed by atoms with Gasteiger partial charge in [0, 0.05) is 11.6 Å². The lowest BCUT2D eigenvalue weighted by Gasteiger charge is -2.04. The van der Waals surface area contributed by atoms with Gasteiger partial charge in [0.1, 0.15) is 10.9 Å². The van der Waals surface area contributed by atoms with Crippen LogP contribution in [0.3, 0.4) is 0 Å². The van der Waals surface area contributed by atoms with Crippen LogP contribution in [0, 0.1) is 18.3 Å². The van der Waals surface area contributed by atoms with E-state index in [9.17, 15) is 10.1 Å². The molecule has 0 amide bonds. The molecule has 0 saturated carbocycles. The van der Waals surface area contributed by atoms with Crippen molar-refractivity contribution in [3.05, 3.63) is 61.7 Å². The summed E-state index contributed by atoms with van der Waals surface area (Å²) in [4.78, 5) is 13.0. The van der Waals surface area contributed by atoms with E-state index < -0.39 is 0 Å². The van der Waals surface area contributed by atoms with Crippen molar-refractivity contribution < 1.29 is 0 Å². The van der Waals surface area contributed by atoms with E-state index in [1.807, 2.05) is 30.3 Å². The van der Waals surface area contributed by atoms with E-state index in [0.717, 1.165) is 15.0 Å². The molecule has 2 aromatic heterocycles. The van der Waals surface area contributed by atoms with Crippen molar-refractivity contribution in [3.8, 4) is 17.3 Å². The number of benzene rings is 1. The Bertz CT molecular complexity index is 903. The number of nitrogens with zero attached hydrogens (tertiary/aromatic N) is 2. The number of aromatic nitrogens is 1. The van der Waals surface area contributed by atoms with Crippen LogP contribution < -0.4 is 5.56 Å². The van der Waals surface area contributed by atoms with E-state index in [-0.39, 0.29) is 5.56 Å². The Labute approximate surface area is 127 Å². The molecule has 0 aliphatic heterocycles. The summed E-state index contributed by atoms with van der Waals surface area (Å²) in [5, 5.41) is 9.30. The van der Waals surface area contributed by atoms with E-state index in [4.69, 9.17) is 0 Å². The lowest BCUT2D eigenvalue weighted by molar-refractivity contribution is 1.11. The molecule has 1 aromatic carbocycles. The normalized spacial score (nSPS) is 10.7. The van der Waals surface area contributed by atoms with Gasteiger partial charge in [0.25, 0.3) is 5.56 Å². The molecule has 0 bridgehead atoms. The number of pyridine rings is 1. The van der Waals surface area contributed by atoms with Crippen LogP contribution in [-0.2, 0) is 0 Å².